The first-order valence-electron chi connectivity index (χ1n) is 5.33. The second-order valence-electron chi connectivity index (χ2n) is 3.66. The highest BCUT2D eigenvalue weighted by Crippen LogP contribution is 2.19. The van der Waals surface area contributed by atoms with Crippen molar-refractivity contribution in [3.05, 3.63) is 58.6 Å². The van der Waals surface area contributed by atoms with Gasteiger partial charge in [-0.1, -0.05) is 22.0 Å². The minimum Gasteiger partial charge on any atom is -0.382 e. The smallest absolute Gasteiger partial charge is 0.147 e. The summed E-state index contributed by atoms with van der Waals surface area (Å²) in [7, 11) is 0. The lowest BCUT2D eigenvalue weighted by Gasteiger charge is -2.07. The molecule has 17 heavy (non-hydrogen) atoms. The summed E-state index contributed by atoms with van der Waals surface area (Å²) in [6.07, 6.45) is 4.38. The van der Waals surface area contributed by atoms with Crippen molar-refractivity contribution in [1.29, 1.82) is 0 Å². The maximum absolute atomic E-state index is 13.5. The zero-order valence-corrected chi connectivity index (χ0v) is 10.7. The van der Waals surface area contributed by atoms with Gasteiger partial charge in [-0.2, -0.15) is 0 Å². The molecule has 1 aromatic carbocycles. The normalized spacial score (nSPS) is 10.2. The topological polar surface area (TPSA) is 24.9 Å². The van der Waals surface area contributed by atoms with Crippen LogP contribution in [0.25, 0.3) is 0 Å². The van der Waals surface area contributed by atoms with Crippen molar-refractivity contribution in [2.45, 2.75) is 6.42 Å². The molecule has 0 aliphatic rings. The number of nitrogens with one attached hydrogen (secondary N) is 1. The maximum atomic E-state index is 13.5. The average molecular weight is 295 g/mol. The first-order valence-corrected chi connectivity index (χ1v) is 6.13. The Labute approximate surface area is 108 Å². The van der Waals surface area contributed by atoms with Gasteiger partial charge in [-0.3, -0.25) is 4.98 Å². The third kappa shape index (κ3) is 3.53. The summed E-state index contributed by atoms with van der Waals surface area (Å²) < 4.78 is 14.2. The van der Waals surface area contributed by atoms with Crippen LogP contribution in [-0.2, 0) is 6.42 Å². The summed E-state index contributed by atoms with van der Waals surface area (Å²) in [4.78, 5) is 4.03. The molecule has 88 valence electrons. The highest BCUT2D eigenvalue weighted by Gasteiger charge is 2.01. The molecule has 1 heterocycles. The SMILES string of the molecule is Fc1cc(Br)ccc1NCCc1cccnc1. The number of benzene rings is 1. The third-order valence-corrected chi connectivity index (χ3v) is 2.88. The molecular weight excluding hydrogens is 283 g/mol. The Morgan fingerprint density at radius 1 is 1.29 bits per heavy atom. The predicted molar refractivity (Wildman–Crippen MR) is 70.5 cm³/mol. The first-order chi connectivity index (χ1) is 8.25. The van der Waals surface area contributed by atoms with Crippen LogP contribution in [0.3, 0.4) is 0 Å². The Kier molecular flexibility index (Phi) is 4.09. The van der Waals surface area contributed by atoms with Gasteiger partial charge in [0.2, 0.25) is 0 Å². The van der Waals surface area contributed by atoms with Crippen LogP contribution in [0.15, 0.2) is 47.2 Å². The average Bonchev–Trinajstić information content (AvgIpc) is 2.33. The maximum Gasteiger partial charge on any atom is 0.147 e. The van der Waals surface area contributed by atoms with Crippen molar-refractivity contribution < 1.29 is 4.39 Å². The number of rotatable bonds is 4. The molecule has 0 spiro atoms. The Morgan fingerprint density at radius 2 is 2.18 bits per heavy atom. The Hall–Kier alpha value is -1.42. The monoisotopic (exact) mass is 294 g/mol. The summed E-state index contributed by atoms with van der Waals surface area (Å²) >= 11 is 3.23. The standard InChI is InChI=1S/C13H12BrFN2/c14-11-3-4-13(12(15)8-11)17-7-5-10-2-1-6-16-9-10/h1-4,6,8-9,17H,5,7H2. The lowest BCUT2D eigenvalue weighted by Crippen LogP contribution is -2.06. The largest absolute Gasteiger partial charge is 0.382 e. The molecule has 4 heteroatoms. The second kappa shape index (κ2) is 5.77. The summed E-state index contributed by atoms with van der Waals surface area (Å²) in [5.41, 5.74) is 1.66. The van der Waals surface area contributed by atoms with E-state index in [1.807, 2.05) is 24.4 Å². The van der Waals surface area contributed by atoms with E-state index < -0.39 is 0 Å². The minimum atomic E-state index is -0.245. The van der Waals surface area contributed by atoms with Crippen LogP contribution in [0.4, 0.5) is 10.1 Å². The number of pyridine rings is 1. The van der Waals surface area contributed by atoms with Gasteiger partial charge in [-0.25, -0.2) is 4.39 Å². The highest BCUT2D eigenvalue weighted by molar-refractivity contribution is 9.10. The number of aromatic nitrogens is 1. The van der Waals surface area contributed by atoms with Crippen molar-refractivity contribution in [3.8, 4) is 0 Å². The quantitative estimate of drug-likeness (QED) is 0.931. The second-order valence-corrected chi connectivity index (χ2v) is 4.58. The predicted octanol–water partition coefficient (Wildman–Crippen LogP) is 3.64. The van der Waals surface area contributed by atoms with E-state index in [1.54, 1.807) is 12.3 Å². The number of hydrogen-bond acceptors (Lipinski definition) is 2. The van der Waals surface area contributed by atoms with Gasteiger partial charge in [-0.15, -0.1) is 0 Å². The number of nitrogens with zero attached hydrogens (tertiary/aromatic N) is 1. The molecule has 0 saturated heterocycles. The van der Waals surface area contributed by atoms with Gasteiger partial charge in [0.25, 0.3) is 0 Å². The molecule has 1 N–H and O–H groups in total. The van der Waals surface area contributed by atoms with Crippen LogP contribution in [0.1, 0.15) is 5.56 Å². The van der Waals surface area contributed by atoms with E-state index in [1.165, 1.54) is 6.07 Å². The molecule has 0 atom stereocenters. The highest BCUT2D eigenvalue weighted by atomic mass is 79.9. The van der Waals surface area contributed by atoms with Crippen molar-refractivity contribution in [1.82, 2.24) is 4.98 Å². The summed E-state index contributed by atoms with van der Waals surface area (Å²) in [6.45, 7) is 0.685. The van der Waals surface area contributed by atoms with Crippen molar-refractivity contribution >= 4 is 21.6 Å². The van der Waals surface area contributed by atoms with Crippen LogP contribution in [0, 0.1) is 5.82 Å². The zero-order valence-electron chi connectivity index (χ0n) is 9.16. The molecule has 0 unspecified atom stereocenters. The van der Waals surface area contributed by atoms with E-state index in [4.69, 9.17) is 0 Å². The van der Waals surface area contributed by atoms with Gasteiger partial charge in [0.1, 0.15) is 5.82 Å². The van der Waals surface area contributed by atoms with E-state index >= 15 is 0 Å². The Balaban J connectivity index is 1.90. The molecule has 2 aromatic rings. The van der Waals surface area contributed by atoms with Gasteiger partial charge in [-0.05, 0) is 36.2 Å². The first kappa shape index (κ1) is 12.0. The number of anilines is 1. The summed E-state index contributed by atoms with van der Waals surface area (Å²) in [5, 5.41) is 3.07. The van der Waals surface area contributed by atoms with E-state index in [9.17, 15) is 4.39 Å². The van der Waals surface area contributed by atoms with Crippen LogP contribution in [0.5, 0.6) is 0 Å². The Morgan fingerprint density at radius 3 is 2.88 bits per heavy atom. The van der Waals surface area contributed by atoms with Gasteiger partial charge < -0.3 is 5.32 Å². The molecule has 0 aliphatic carbocycles. The molecule has 0 aliphatic heterocycles. The molecular formula is C13H12BrFN2. The molecule has 0 fully saturated rings. The molecule has 2 nitrogen and oxygen atoms in total. The van der Waals surface area contributed by atoms with Crippen LogP contribution in [-0.4, -0.2) is 11.5 Å². The molecule has 0 bridgehead atoms. The number of halogens is 2. The van der Waals surface area contributed by atoms with E-state index in [2.05, 4.69) is 26.2 Å². The van der Waals surface area contributed by atoms with Gasteiger partial charge in [0.05, 0.1) is 5.69 Å². The van der Waals surface area contributed by atoms with Crippen LogP contribution in [0.2, 0.25) is 0 Å². The van der Waals surface area contributed by atoms with Crippen molar-refractivity contribution in [2.75, 3.05) is 11.9 Å². The number of hydrogen-bond donors (Lipinski definition) is 1. The van der Waals surface area contributed by atoms with Crippen LogP contribution >= 0.6 is 15.9 Å². The molecule has 2 rings (SSSR count). The minimum absolute atomic E-state index is 0.245. The third-order valence-electron chi connectivity index (χ3n) is 2.38. The fraction of sp³-hybridized carbons (Fsp3) is 0.154. The fourth-order valence-electron chi connectivity index (χ4n) is 1.52. The van der Waals surface area contributed by atoms with E-state index in [0.29, 0.717) is 12.2 Å². The molecule has 0 radical (unpaired) electrons. The van der Waals surface area contributed by atoms with E-state index in [-0.39, 0.29) is 5.82 Å². The lowest BCUT2D eigenvalue weighted by atomic mass is 10.2. The summed E-state index contributed by atoms with van der Waals surface area (Å²) in [5.74, 6) is -0.245. The Bertz CT molecular complexity index is 488. The lowest BCUT2D eigenvalue weighted by molar-refractivity contribution is 0.629. The summed E-state index contributed by atoms with van der Waals surface area (Å²) in [6, 6.07) is 8.90. The fourth-order valence-corrected chi connectivity index (χ4v) is 1.85. The zero-order chi connectivity index (χ0) is 12.1. The van der Waals surface area contributed by atoms with Gasteiger partial charge in [0.15, 0.2) is 0 Å². The van der Waals surface area contributed by atoms with Gasteiger partial charge >= 0.3 is 0 Å². The van der Waals surface area contributed by atoms with Gasteiger partial charge in [0, 0.05) is 23.4 Å². The molecule has 0 saturated carbocycles. The van der Waals surface area contributed by atoms with Crippen LogP contribution < -0.4 is 5.32 Å². The van der Waals surface area contributed by atoms with Crippen molar-refractivity contribution in [2.24, 2.45) is 0 Å². The van der Waals surface area contributed by atoms with Crippen molar-refractivity contribution in [3.63, 3.8) is 0 Å². The molecule has 1 aromatic heterocycles. The molecule has 0 amide bonds. The van der Waals surface area contributed by atoms with E-state index in [0.717, 1.165) is 16.5 Å².